The zero-order chi connectivity index (χ0) is 15.6. The number of aromatic nitrogens is 2. The third-order valence-electron chi connectivity index (χ3n) is 3.66. The first-order valence-corrected chi connectivity index (χ1v) is 8.33. The van der Waals surface area contributed by atoms with E-state index in [0.29, 0.717) is 11.4 Å². The molecule has 3 nitrogen and oxygen atoms in total. The molecule has 0 aliphatic rings. The van der Waals surface area contributed by atoms with E-state index in [1.807, 2.05) is 43.7 Å². The lowest BCUT2D eigenvalue weighted by molar-refractivity contribution is 0.175. The van der Waals surface area contributed by atoms with Crippen LogP contribution in [0.25, 0.3) is 0 Å². The van der Waals surface area contributed by atoms with Crippen molar-refractivity contribution in [3.63, 3.8) is 0 Å². The van der Waals surface area contributed by atoms with Gasteiger partial charge in [0.2, 0.25) is 0 Å². The first-order chi connectivity index (χ1) is 9.97. The van der Waals surface area contributed by atoms with Crippen molar-refractivity contribution in [1.82, 2.24) is 9.78 Å². The van der Waals surface area contributed by atoms with Crippen LogP contribution in [0.1, 0.15) is 42.5 Å². The SMILES string of the molecule is CCc1nn(CC)c(CC(O)c2ccc(C)c(Br)c2)c1Cl. The van der Waals surface area contributed by atoms with E-state index in [4.69, 9.17) is 11.6 Å². The van der Waals surface area contributed by atoms with Gasteiger partial charge in [0.25, 0.3) is 0 Å². The summed E-state index contributed by atoms with van der Waals surface area (Å²) in [6.45, 7) is 6.84. The van der Waals surface area contributed by atoms with E-state index >= 15 is 0 Å². The Hall–Kier alpha value is -0.840. The molecule has 0 bridgehead atoms. The highest BCUT2D eigenvalue weighted by molar-refractivity contribution is 9.10. The second-order valence-corrected chi connectivity index (χ2v) is 6.34. The smallest absolute Gasteiger partial charge is 0.0851 e. The number of aliphatic hydroxyl groups is 1. The topological polar surface area (TPSA) is 38.0 Å². The van der Waals surface area contributed by atoms with Gasteiger partial charge in [-0.1, -0.05) is 46.6 Å². The van der Waals surface area contributed by atoms with E-state index in [1.54, 1.807) is 0 Å². The second-order valence-electron chi connectivity index (χ2n) is 5.11. The van der Waals surface area contributed by atoms with Crippen LogP contribution in [0.5, 0.6) is 0 Å². The number of hydrogen-bond acceptors (Lipinski definition) is 2. The van der Waals surface area contributed by atoms with Crippen LogP contribution in [0.2, 0.25) is 5.02 Å². The highest BCUT2D eigenvalue weighted by Gasteiger charge is 2.19. The summed E-state index contributed by atoms with van der Waals surface area (Å²) in [5, 5.41) is 15.7. The van der Waals surface area contributed by atoms with E-state index in [1.165, 1.54) is 0 Å². The van der Waals surface area contributed by atoms with Gasteiger partial charge >= 0.3 is 0 Å². The first kappa shape index (κ1) is 16.5. The third-order valence-corrected chi connectivity index (χ3v) is 4.95. The van der Waals surface area contributed by atoms with Gasteiger partial charge in [0.1, 0.15) is 0 Å². The number of hydrogen-bond donors (Lipinski definition) is 1. The fourth-order valence-electron chi connectivity index (χ4n) is 2.33. The standard InChI is InChI=1S/C16H20BrClN2O/c1-4-13-16(18)14(20(5-2)19-13)9-15(21)11-7-6-10(3)12(17)8-11/h6-8,15,21H,4-5,9H2,1-3H3. The molecule has 1 heterocycles. The fraction of sp³-hybridized carbons (Fsp3) is 0.438. The molecular formula is C16H20BrClN2O. The Balaban J connectivity index is 2.28. The maximum Gasteiger partial charge on any atom is 0.0851 e. The van der Waals surface area contributed by atoms with Crippen molar-refractivity contribution in [2.45, 2.75) is 46.3 Å². The molecule has 0 saturated heterocycles. The van der Waals surface area contributed by atoms with Gasteiger partial charge in [-0.15, -0.1) is 0 Å². The molecule has 1 aromatic carbocycles. The number of halogens is 2. The average Bonchev–Trinajstić information content (AvgIpc) is 2.78. The van der Waals surface area contributed by atoms with Crippen molar-refractivity contribution in [2.75, 3.05) is 0 Å². The van der Waals surface area contributed by atoms with Crippen molar-refractivity contribution in [3.05, 3.63) is 50.2 Å². The molecule has 1 atom stereocenters. The van der Waals surface area contributed by atoms with E-state index < -0.39 is 6.10 Å². The molecule has 1 aromatic heterocycles. The minimum absolute atomic E-state index is 0.467. The third kappa shape index (κ3) is 3.50. The minimum atomic E-state index is -0.592. The Kier molecular flexibility index (Phi) is 5.47. The molecule has 0 radical (unpaired) electrons. The summed E-state index contributed by atoms with van der Waals surface area (Å²) in [6.07, 6.45) is 0.673. The molecule has 0 fully saturated rings. The summed E-state index contributed by atoms with van der Waals surface area (Å²) in [5.41, 5.74) is 3.83. The molecule has 2 aromatic rings. The van der Waals surface area contributed by atoms with Crippen LogP contribution in [0.15, 0.2) is 22.7 Å². The summed E-state index contributed by atoms with van der Waals surface area (Å²) in [6, 6.07) is 5.91. The molecule has 21 heavy (non-hydrogen) atoms. The van der Waals surface area contributed by atoms with Crippen LogP contribution < -0.4 is 0 Å². The largest absolute Gasteiger partial charge is 0.388 e. The van der Waals surface area contributed by atoms with Crippen LogP contribution in [0.4, 0.5) is 0 Å². The molecule has 0 amide bonds. The predicted molar refractivity (Wildman–Crippen MR) is 89.8 cm³/mol. The van der Waals surface area contributed by atoms with Crippen LogP contribution in [0.3, 0.4) is 0 Å². The van der Waals surface area contributed by atoms with Gasteiger partial charge in [0, 0.05) is 17.4 Å². The number of rotatable bonds is 5. The monoisotopic (exact) mass is 370 g/mol. The predicted octanol–water partition coefficient (Wildman–Crippen LogP) is 4.47. The lowest BCUT2D eigenvalue weighted by Crippen LogP contribution is -2.09. The van der Waals surface area contributed by atoms with E-state index in [-0.39, 0.29) is 0 Å². The van der Waals surface area contributed by atoms with Gasteiger partial charge in [-0.2, -0.15) is 5.10 Å². The highest BCUT2D eigenvalue weighted by Crippen LogP contribution is 2.28. The van der Waals surface area contributed by atoms with E-state index in [0.717, 1.165) is 40.0 Å². The van der Waals surface area contributed by atoms with Gasteiger partial charge in [-0.3, -0.25) is 4.68 Å². The second kappa shape index (κ2) is 6.95. The average molecular weight is 372 g/mol. The maximum absolute atomic E-state index is 10.5. The van der Waals surface area contributed by atoms with Crippen molar-refractivity contribution in [1.29, 1.82) is 0 Å². The Bertz CT molecular complexity index is 639. The van der Waals surface area contributed by atoms with Crippen molar-refractivity contribution in [2.24, 2.45) is 0 Å². The molecule has 0 aliphatic carbocycles. The van der Waals surface area contributed by atoms with Crippen LogP contribution in [-0.4, -0.2) is 14.9 Å². The summed E-state index contributed by atoms with van der Waals surface area (Å²) in [5.74, 6) is 0. The Morgan fingerprint density at radius 2 is 2.10 bits per heavy atom. The zero-order valence-electron chi connectivity index (χ0n) is 12.5. The van der Waals surface area contributed by atoms with Gasteiger partial charge < -0.3 is 5.11 Å². The maximum atomic E-state index is 10.5. The quantitative estimate of drug-likeness (QED) is 0.842. The highest BCUT2D eigenvalue weighted by atomic mass is 79.9. The zero-order valence-corrected chi connectivity index (χ0v) is 14.9. The number of aryl methyl sites for hydroxylation is 3. The molecule has 1 unspecified atom stereocenters. The van der Waals surface area contributed by atoms with Gasteiger partial charge in [-0.25, -0.2) is 0 Å². The lowest BCUT2D eigenvalue weighted by atomic mass is 10.0. The van der Waals surface area contributed by atoms with Crippen molar-refractivity contribution >= 4 is 27.5 Å². The molecule has 114 valence electrons. The van der Waals surface area contributed by atoms with Gasteiger partial charge in [0.15, 0.2) is 0 Å². The molecule has 5 heteroatoms. The van der Waals surface area contributed by atoms with E-state index in [9.17, 15) is 5.11 Å². The van der Waals surface area contributed by atoms with Crippen LogP contribution >= 0.6 is 27.5 Å². The van der Waals surface area contributed by atoms with Crippen LogP contribution in [0, 0.1) is 6.92 Å². The fourth-order valence-corrected chi connectivity index (χ4v) is 3.07. The van der Waals surface area contributed by atoms with Gasteiger partial charge in [0.05, 0.1) is 22.5 Å². The molecule has 2 rings (SSSR count). The molecular weight excluding hydrogens is 352 g/mol. The molecule has 0 aliphatic heterocycles. The lowest BCUT2D eigenvalue weighted by Gasteiger charge is -2.13. The summed E-state index contributed by atoms with van der Waals surface area (Å²) < 4.78 is 2.89. The Morgan fingerprint density at radius 3 is 2.67 bits per heavy atom. The molecule has 0 spiro atoms. The first-order valence-electron chi connectivity index (χ1n) is 7.16. The number of aliphatic hydroxyl groups excluding tert-OH is 1. The summed E-state index contributed by atoms with van der Waals surface area (Å²) in [7, 11) is 0. The minimum Gasteiger partial charge on any atom is -0.388 e. The van der Waals surface area contributed by atoms with Gasteiger partial charge in [-0.05, 0) is 37.5 Å². The Morgan fingerprint density at radius 1 is 1.38 bits per heavy atom. The Labute approximate surface area is 139 Å². The summed E-state index contributed by atoms with van der Waals surface area (Å²) >= 11 is 9.90. The normalized spacial score (nSPS) is 12.7. The molecule has 1 N–H and O–H groups in total. The number of nitrogens with zero attached hydrogens (tertiary/aromatic N) is 2. The molecule has 0 saturated carbocycles. The number of benzene rings is 1. The van der Waals surface area contributed by atoms with Crippen molar-refractivity contribution in [3.8, 4) is 0 Å². The van der Waals surface area contributed by atoms with Crippen LogP contribution in [-0.2, 0) is 19.4 Å². The van der Waals surface area contributed by atoms with E-state index in [2.05, 4.69) is 21.0 Å². The van der Waals surface area contributed by atoms with Crippen molar-refractivity contribution < 1.29 is 5.11 Å². The summed E-state index contributed by atoms with van der Waals surface area (Å²) in [4.78, 5) is 0.